The lowest BCUT2D eigenvalue weighted by atomic mass is 9.99. The summed E-state index contributed by atoms with van der Waals surface area (Å²) in [5.41, 5.74) is 0.417. The van der Waals surface area contributed by atoms with Gasteiger partial charge in [0.05, 0.1) is 35.2 Å². The van der Waals surface area contributed by atoms with E-state index in [0.29, 0.717) is 47.6 Å². The van der Waals surface area contributed by atoms with E-state index in [0.717, 1.165) is 17.7 Å². The van der Waals surface area contributed by atoms with E-state index in [1.165, 1.54) is 29.1 Å². The van der Waals surface area contributed by atoms with Crippen LogP contribution in [0.3, 0.4) is 0 Å². The van der Waals surface area contributed by atoms with Crippen molar-refractivity contribution in [3.8, 4) is 33.3 Å². The van der Waals surface area contributed by atoms with E-state index in [2.05, 4.69) is 5.32 Å². The third-order valence-corrected chi connectivity index (χ3v) is 8.29. The van der Waals surface area contributed by atoms with Crippen LogP contribution in [0.25, 0.3) is 27.5 Å². The SMILES string of the molecule is COc1ccc(C(F)(F)F)cc1-n1c(CC(C)C)c(C(=O)N2CCNCC2)cc(-c2nc(-c3ccc(Cl)cc3)cs2)c1=O. The quantitative estimate of drug-likeness (QED) is 0.251. The molecule has 0 unspecified atom stereocenters. The van der Waals surface area contributed by atoms with Gasteiger partial charge in [-0.15, -0.1) is 11.3 Å². The van der Waals surface area contributed by atoms with Crippen molar-refractivity contribution in [3.05, 3.63) is 86.1 Å². The molecule has 4 aromatic rings. The number of pyridine rings is 1. The maximum atomic E-state index is 14.4. The fraction of sp³-hybridized carbons (Fsp3) is 0.323. The van der Waals surface area contributed by atoms with Crippen LogP contribution in [0.5, 0.6) is 5.75 Å². The molecule has 43 heavy (non-hydrogen) atoms. The lowest BCUT2D eigenvalue weighted by Crippen LogP contribution is -2.47. The Balaban J connectivity index is 1.80. The van der Waals surface area contributed by atoms with Crippen LogP contribution in [0.15, 0.2) is 58.7 Å². The number of aromatic nitrogens is 2. The van der Waals surface area contributed by atoms with Crippen molar-refractivity contribution in [2.45, 2.75) is 26.4 Å². The number of rotatable bonds is 7. The van der Waals surface area contributed by atoms with E-state index in [-0.39, 0.29) is 40.8 Å². The molecule has 226 valence electrons. The third-order valence-electron chi connectivity index (χ3n) is 7.16. The summed E-state index contributed by atoms with van der Waals surface area (Å²) < 4.78 is 48.4. The molecule has 0 radical (unpaired) electrons. The van der Waals surface area contributed by atoms with Gasteiger partial charge in [-0.1, -0.05) is 37.6 Å². The van der Waals surface area contributed by atoms with Crippen molar-refractivity contribution < 1.29 is 22.7 Å². The fourth-order valence-corrected chi connectivity index (χ4v) is 6.03. The van der Waals surface area contributed by atoms with E-state index < -0.39 is 17.3 Å². The van der Waals surface area contributed by atoms with Crippen LogP contribution in [0, 0.1) is 5.92 Å². The topological polar surface area (TPSA) is 76.5 Å². The van der Waals surface area contributed by atoms with Gasteiger partial charge in [0.2, 0.25) is 0 Å². The first-order valence-corrected chi connectivity index (χ1v) is 15.0. The second kappa shape index (κ2) is 12.5. The number of carbonyl (C=O) groups is 1. The van der Waals surface area contributed by atoms with Crippen molar-refractivity contribution in [1.29, 1.82) is 0 Å². The smallest absolute Gasteiger partial charge is 0.416 e. The van der Waals surface area contributed by atoms with E-state index in [4.69, 9.17) is 21.3 Å². The maximum Gasteiger partial charge on any atom is 0.416 e. The highest BCUT2D eigenvalue weighted by Crippen LogP contribution is 2.36. The van der Waals surface area contributed by atoms with Gasteiger partial charge in [-0.2, -0.15) is 13.2 Å². The van der Waals surface area contributed by atoms with Crippen LogP contribution >= 0.6 is 22.9 Å². The number of piperazine rings is 1. The van der Waals surface area contributed by atoms with E-state index >= 15 is 0 Å². The molecule has 1 aliphatic heterocycles. The molecule has 1 aliphatic rings. The molecule has 0 aliphatic carbocycles. The van der Waals surface area contributed by atoms with E-state index in [1.54, 1.807) is 40.6 Å². The summed E-state index contributed by atoms with van der Waals surface area (Å²) in [6.07, 6.45) is -4.40. The average Bonchev–Trinajstić information content (AvgIpc) is 3.47. The van der Waals surface area contributed by atoms with Crippen molar-refractivity contribution >= 4 is 28.8 Å². The van der Waals surface area contributed by atoms with Gasteiger partial charge >= 0.3 is 6.18 Å². The highest BCUT2D eigenvalue weighted by molar-refractivity contribution is 7.13. The minimum absolute atomic E-state index is 0.0285. The maximum absolute atomic E-state index is 14.4. The van der Waals surface area contributed by atoms with Gasteiger partial charge in [-0.25, -0.2) is 4.98 Å². The van der Waals surface area contributed by atoms with E-state index in [1.807, 2.05) is 13.8 Å². The fourth-order valence-electron chi connectivity index (χ4n) is 5.06. The lowest BCUT2D eigenvalue weighted by molar-refractivity contribution is -0.137. The van der Waals surface area contributed by atoms with Crippen LogP contribution in [0.1, 0.15) is 35.5 Å². The molecule has 0 saturated carbocycles. The first kappa shape index (κ1) is 30.8. The number of ether oxygens (including phenoxy) is 1. The minimum Gasteiger partial charge on any atom is -0.495 e. The molecular weight excluding hydrogens is 601 g/mol. The molecule has 3 heterocycles. The number of halogens is 4. The second-order valence-electron chi connectivity index (χ2n) is 10.6. The van der Waals surface area contributed by atoms with Crippen molar-refractivity contribution in [3.63, 3.8) is 0 Å². The summed E-state index contributed by atoms with van der Waals surface area (Å²) in [6, 6.07) is 11.6. The monoisotopic (exact) mass is 630 g/mol. The van der Waals surface area contributed by atoms with Crippen molar-refractivity contribution in [1.82, 2.24) is 19.8 Å². The Hall–Kier alpha value is -3.67. The third kappa shape index (κ3) is 6.48. The van der Waals surface area contributed by atoms with Crippen LogP contribution < -0.4 is 15.6 Å². The number of thiazole rings is 1. The lowest BCUT2D eigenvalue weighted by Gasteiger charge is -2.29. The Labute approximate surface area is 255 Å². The molecular formula is C31H30ClF3N4O3S. The number of hydrogen-bond acceptors (Lipinski definition) is 6. The molecule has 2 aromatic carbocycles. The standard InChI is InChI=1S/C31H30ClF3N4O3S/c1-18(2)14-25-22(29(40)38-12-10-36-11-13-38)16-23(28-37-24(17-43-28)19-4-7-21(32)8-5-19)30(41)39(25)26-15-20(31(33,34)35)6-9-27(26)42-3/h4-9,15-18,36H,10-14H2,1-3H3. The zero-order valence-electron chi connectivity index (χ0n) is 23.8. The van der Waals surface area contributed by atoms with Crippen LogP contribution in [-0.2, 0) is 12.6 Å². The van der Waals surface area contributed by atoms with Crippen molar-refractivity contribution in [2.75, 3.05) is 33.3 Å². The Bertz CT molecular complexity index is 1690. The predicted octanol–water partition coefficient (Wildman–Crippen LogP) is 6.55. The first-order valence-electron chi connectivity index (χ1n) is 13.7. The molecule has 0 spiro atoms. The predicted molar refractivity (Wildman–Crippen MR) is 162 cm³/mol. The normalized spacial score (nSPS) is 13.9. The number of nitrogens with zero attached hydrogens (tertiary/aromatic N) is 3. The summed E-state index contributed by atoms with van der Waals surface area (Å²) in [7, 11) is 1.33. The molecule has 1 saturated heterocycles. The number of carbonyl (C=O) groups excluding carboxylic acids is 1. The number of nitrogens with one attached hydrogen (secondary N) is 1. The summed E-state index contributed by atoms with van der Waals surface area (Å²) in [6.45, 7) is 5.97. The van der Waals surface area contributed by atoms with Crippen molar-refractivity contribution in [2.24, 2.45) is 5.92 Å². The van der Waals surface area contributed by atoms with Crippen LogP contribution in [0.2, 0.25) is 5.02 Å². The van der Waals surface area contributed by atoms with Gasteiger partial charge in [0, 0.05) is 47.8 Å². The van der Waals surface area contributed by atoms with Gasteiger partial charge in [-0.05, 0) is 48.7 Å². The number of hydrogen-bond donors (Lipinski definition) is 1. The first-order chi connectivity index (χ1) is 20.5. The zero-order chi connectivity index (χ0) is 30.9. The van der Waals surface area contributed by atoms with Gasteiger partial charge in [0.25, 0.3) is 11.5 Å². The van der Waals surface area contributed by atoms with Crippen LogP contribution in [0.4, 0.5) is 13.2 Å². The average molecular weight is 631 g/mol. The molecule has 12 heteroatoms. The Morgan fingerprint density at radius 1 is 1.12 bits per heavy atom. The Kier molecular flexibility index (Phi) is 8.96. The largest absolute Gasteiger partial charge is 0.495 e. The summed E-state index contributed by atoms with van der Waals surface area (Å²) in [5, 5.41) is 5.90. The Morgan fingerprint density at radius 2 is 1.81 bits per heavy atom. The van der Waals surface area contributed by atoms with Gasteiger partial charge < -0.3 is 15.0 Å². The molecule has 0 atom stereocenters. The highest BCUT2D eigenvalue weighted by Gasteiger charge is 2.33. The highest BCUT2D eigenvalue weighted by atomic mass is 35.5. The zero-order valence-corrected chi connectivity index (χ0v) is 25.4. The number of methoxy groups -OCH3 is 1. The molecule has 7 nitrogen and oxygen atoms in total. The number of benzene rings is 2. The van der Waals surface area contributed by atoms with Crippen LogP contribution in [-0.4, -0.2) is 53.6 Å². The Morgan fingerprint density at radius 3 is 2.44 bits per heavy atom. The summed E-state index contributed by atoms with van der Waals surface area (Å²) >= 11 is 7.25. The molecule has 1 amide bonds. The second-order valence-corrected chi connectivity index (χ2v) is 11.9. The minimum atomic E-state index is -4.66. The van der Waals surface area contributed by atoms with Gasteiger partial charge in [-0.3, -0.25) is 14.2 Å². The van der Waals surface area contributed by atoms with Gasteiger partial charge in [0.15, 0.2) is 0 Å². The summed E-state index contributed by atoms with van der Waals surface area (Å²) in [5.74, 6) is -0.259. The summed E-state index contributed by atoms with van der Waals surface area (Å²) in [4.78, 5) is 34.8. The molecule has 1 N–H and O–H groups in total. The molecule has 1 fully saturated rings. The molecule has 2 aromatic heterocycles. The molecule has 5 rings (SSSR count). The molecule has 0 bridgehead atoms. The van der Waals surface area contributed by atoms with Gasteiger partial charge in [0.1, 0.15) is 10.8 Å². The van der Waals surface area contributed by atoms with E-state index in [9.17, 15) is 22.8 Å². The number of alkyl halides is 3. The number of amides is 1.